The average molecular weight is 679 g/mol. The Bertz CT molecular complexity index is 1280. The summed E-state index contributed by atoms with van der Waals surface area (Å²) in [5.41, 5.74) is 1.95. The van der Waals surface area contributed by atoms with Gasteiger partial charge in [0.15, 0.2) is 73.2 Å². The summed E-state index contributed by atoms with van der Waals surface area (Å²) < 4.78 is 68.3. The summed E-state index contributed by atoms with van der Waals surface area (Å²) in [6.07, 6.45) is 8.01. The van der Waals surface area contributed by atoms with Crippen LogP contribution in [-0.4, -0.2) is 84.1 Å². The predicted octanol–water partition coefficient (Wildman–Crippen LogP) is 6.54. The van der Waals surface area contributed by atoms with Crippen molar-refractivity contribution in [3.05, 3.63) is 22.8 Å². The molecule has 0 unspecified atom stereocenters. The largest absolute Gasteiger partial charge is 0.493 e. The lowest BCUT2D eigenvalue weighted by molar-refractivity contribution is 0.0441. The molecule has 0 aliphatic carbocycles. The lowest BCUT2D eigenvalue weighted by Gasteiger charge is -2.23. The highest BCUT2D eigenvalue weighted by Crippen LogP contribution is 2.50. The van der Waals surface area contributed by atoms with Crippen LogP contribution in [0.3, 0.4) is 0 Å². The molecular weight excluding hydrogens is 624 g/mol. The molecule has 0 aromatic heterocycles. The van der Waals surface area contributed by atoms with Crippen LogP contribution in [0.4, 0.5) is 0 Å². The number of ether oxygens (including phenoxy) is 12. The van der Waals surface area contributed by atoms with Gasteiger partial charge >= 0.3 is 0 Å². The summed E-state index contributed by atoms with van der Waals surface area (Å²) in [5, 5.41) is 0. The van der Waals surface area contributed by atoms with Crippen molar-refractivity contribution in [2.45, 2.75) is 64.7 Å². The van der Waals surface area contributed by atoms with Crippen molar-refractivity contribution in [2.75, 3.05) is 84.1 Å². The van der Waals surface area contributed by atoms with Crippen LogP contribution in [0, 0.1) is 11.8 Å². The first-order valence-electron chi connectivity index (χ1n) is 16.1. The van der Waals surface area contributed by atoms with Gasteiger partial charge in [0.05, 0.1) is 28.4 Å². The van der Waals surface area contributed by atoms with E-state index < -0.39 is 0 Å². The standard InChI is InChI=1S/C36H54O12/c1-10-11-12-13-14-15-16-18-27-33(43-8)36(48-25-40-5)28(34(44-9)35(27)47-24-39-4)20-17-19-26-31(42-7)30(45-22-37-2)21-29(41-6)32(26)46-23-38-3/h21H,10-15,17,19-20,22-25H2,1-9H3. The molecule has 270 valence electrons. The molecule has 0 aliphatic rings. The molecule has 0 amide bonds. The minimum atomic E-state index is -0.0198. The van der Waals surface area contributed by atoms with E-state index in [9.17, 15) is 0 Å². The first kappa shape index (κ1) is 40.4. The summed E-state index contributed by atoms with van der Waals surface area (Å²) in [7, 11) is 12.5. The van der Waals surface area contributed by atoms with E-state index in [-0.39, 0.29) is 27.2 Å². The van der Waals surface area contributed by atoms with Crippen molar-refractivity contribution >= 4 is 0 Å². The molecule has 0 saturated carbocycles. The Morgan fingerprint density at radius 1 is 0.479 bits per heavy atom. The van der Waals surface area contributed by atoms with Gasteiger partial charge in [-0.1, -0.05) is 44.4 Å². The highest BCUT2D eigenvalue weighted by atomic mass is 16.7. The zero-order valence-electron chi connectivity index (χ0n) is 30.2. The Balaban J connectivity index is 2.64. The van der Waals surface area contributed by atoms with E-state index in [1.807, 2.05) is 0 Å². The van der Waals surface area contributed by atoms with E-state index in [2.05, 4.69) is 18.8 Å². The highest BCUT2D eigenvalue weighted by molar-refractivity contribution is 5.71. The minimum Gasteiger partial charge on any atom is -0.493 e. The van der Waals surface area contributed by atoms with Crippen molar-refractivity contribution in [1.82, 2.24) is 0 Å². The van der Waals surface area contributed by atoms with E-state index in [1.54, 1.807) is 62.9 Å². The molecule has 0 spiro atoms. The highest BCUT2D eigenvalue weighted by Gasteiger charge is 2.29. The number of benzene rings is 2. The van der Waals surface area contributed by atoms with E-state index in [4.69, 9.17) is 56.8 Å². The number of hydrogen-bond donors (Lipinski definition) is 0. The number of rotatable bonds is 25. The minimum absolute atomic E-state index is 0.00620. The number of methoxy groups -OCH3 is 8. The third-order valence-electron chi connectivity index (χ3n) is 7.27. The van der Waals surface area contributed by atoms with Gasteiger partial charge in [-0.3, -0.25) is 0 Å². The van der Waals surface area contributed by atoms with Gasteiger partial charge in [-0.05, 0) is 25.7 Å². The van der Waals surface area contributed by atoms with Crippen molar-refractivity contribution in [2.24, 2.45) is 0 Å². The van der Waals surface area contributed by atoms with Crippen molar-refractivity contribution < 1.29 is 56.8 Å². The van der Waals surface area contributed by atoms with Crippen LogP contribution >= 0.6 is 0 Å². The van der Waals surface area contributed by atoms with Crippen LogP contribution in [0.15, 0.2) is 6.07 Å². The molecule has 12 heteroatoms. The van der Waals surface area contributed by atoms with Crippen LogP contribution in [-0.2, 0) is 31.8 Å². The predicted molar refractivity (Wildman–Crippen MR) is 181 cm³/mol. The maximum absolute atomic E-state index is 6.15. The fraction of sp³-hybridized carbons (Fsp3) is 0.611. The average Bonchev–Trinajstić information content (AvgIpc) is 3.10. The summed E-state index contributed by atoms with van der Waals surface area (Å²) in [4.78, 5) is 0. The van der Waals surface area contributed by atoms with E-state index in [0.717, 1.165) is 24.8 Å². The molecule has 12 nitrogen and oxygen atoms in total. The summed E-state index contributed by atoms with van der Waals surface area (Å²) in [5.74, 6) is 10.2. The Hall–Kier alpha value is -3.76. The topological polar surface area (TPSA) is 111 Å². The Labute approximate surface area is 286 Å². The summed E-state index contributed by atoms with van der Waals surface area (Å²) in [6.45, 7) is 2.19. The Morgan fingerprint density at radius 2 is 1.02 bits per heavy atom. The SMILES string of the molecule is CCCCCCCC#Cc1c(OCOC)c(OC)c(CCCc2c(OC)c(OCOC)cc(OC)c2OCOC)c(OCOC)c1OC. The fourth-order valence-electron chi connectivity index (χ4n) is 5.15. The van der Waals surface area contributed by atoms with Gasteiger partial charge in [0, 0.05) is 52.1 Å². The fourth-order valence-corrected chi connectivity index (χ4v) is 5.15. The second kappa shape index (κ2) is 23.5. The van der Waals surface area contributed by atoms with Gasteiger partial charge in [-0.25, -0.2) is 0 Å². The van der Waals surface area contributed by atoms with Crippen LogP contribution < -0.4 is 37.9 Å². The lowest BCUT2D eigenvalue weighted by Crippen LogP contribution is -2.11. The molecule has 0 N–H and O–H groups in total. The molecule has 2 aromatic carbocycles. The third-order valence-corrected chi connectivity index (χ3v) is 7.27. The zero-order valence-corrected chi connectivity index (χ0v) is 30.2. The lowest BCUT2D eigenvalue weighted by atomic mass is 9.97. The van der Waals surface area contributed by atoms with Crippen LogP contribution in [0.5, 0.6) is 46.0 Å². The van der Waals surface area contributed by atoms with Gasteiger partial charge in [-0.2, -0.15) is 0 Å². The monoisotopic (exact) mass is 678 g/mol. The Morgan fingerprint density at radius 3 is 1.58 bits per heavy atom. The maximum atomic E-state index is 6.15. The van der Waals surface area contributed by atoms with Crippen LogP contribution in [0.2, 0.25) is 0 Å². The van der Waals surface area contributed by atoms with Crippen molar-refractivity contribution in [3.63, 3.8) is 0 Å². The third kappa shape index (κ3) is 11.4. The summed E-state index contributed by atoms with van der Waals surface area (Å²) >= 11 is 0. The second-order valence-corrected chi connectivity index (χ2v) is 10.5. The van der Waals surface area contributed by atoms with Gasteiger partial charge < -0.3 is 56.8 Å². The van der Waals surface area contributed by atoms with Gasteiger partial charge in [0.25, 0.3) is 0 Å². The molecular formula is C36H54O12. The molecule has 0 radical (unpaired) electrons. The first-order valence-corrected chi connectivity index (χ1v) is 16.1. The molecule has 0 aliphatic heterocycles. The van der Waals surface area contributed by atoms with Crippen molar-refractivity contribution in [3.8, 4) is 57.8 Å². The molecule has 2 rings (SSSR count). The zero-order chi connectivity index (χ0) is 35.1. The van der Waals surface area contributed by atoms with Gasteiger partial charge in [0.1, 0.15) is 5.56 Å². The number of hydrogen-bond acceptors (Lipinski definition) is 12. The van der Waals surface area contributed by atoms with E-state index in [0.29, 0.717) is 76.4 Å². The van der Waals surface area contributed by atoms with Gasteiger partial charge in [-0.15, -0.1) is 0 Å². The molecule has 48 heavy (non-hydrogen) atoms. The normalized spacial score (nSPS) is 10.6. The molecule has 2 aromatic rings. The van der Waals surface area contributed by atoms with E-state index >= 15 is 0 Å². The molecule has 0 fully saturated rings. The quantitative estimate of drug-likeness (QED) is 0.0646. The maximum Gasteiger partial charge on any atom is 0.188 e. The molecule has 0 bridgehead atoms. The van der Waals surface area contributed by atoms with Crippen molar-refractivity contribution in [1.29, 1.82) is 0 Å². The number of unbranched alkanes of at least 4 members (excludes halogenated alkanes) is 5. The van der Waals surface area contributed by atoms with Gasteiger partial charge in [0.2, 0.25) is 0 Å². The van der Waals surface area contributed by atoms with E-state index in [1.165, 1.54) is 19.3 Å². The van der Waals surface area contributed by atoms with Crippen LogP contribution in [0.25, 0.3) is 0 Å². The molecule has 0 atom stereocenters. The van der Waals surface area contributed by atoms with Crippen LogP contribution in [0.1, 0.15) is 68.6 Å². The second-order valence-electron chi connectivity index (χ2n) is 10.5. The molecule has 0 saturated heterocycles. The first-order chi connectivity index (χ1) is 23.5. The smallest absolute Gasteiger partial charge is 0.188 e. The molecule has 0 heterocycles. The summed E-state index contributed by atoms with van der Waals surface area (Å²) in [6, 6.07) is 1.70. The Kier molecular flexibility index (Phi) is 19.8.